The normalized spacial score (nSPS) is 19.8. The van der Waals surface area contributed by atoms with Gasteiger partial charge in [-0.25, -0.2) is 0 Å². The van der Waals surface area contributed by atoms with Crippen LogP contribution in [-0.4, -0.2) is 6.54 Å². The van der Waals surface area contributed by atoms with Gasteiger partial charge in [-0.3, -0.25) is 0 Å². The minimum absolute atomic E-state index is 0. The fraction of sp³-hybridized carbons (Fsp3) is 0.333. The molecule has 0 aliphatic carbocycles. The Balaban J connectivity index is 0.000000980. The molecule has 14 heavy (non-hydrogen) atoms. The Hall–Kier alpha value is 0.340. The van der Waals surface area contributed by atoms with Crippen molar-refractivity contribution in [3.63, 3.8) is 0 Å². The summed E-state index contributed by atoms with van der Waals surface area (Å²) in [4.78, 5) is 0. The van der Waals surface area contributed by atoms with Crippen LogP contribution in [0.5, 0.6) is 0 Å². The van der Waals surface area contributed by atoms with Crippen LogP contribution < -0.4 is 5.32 Å². The molecule has 1 aromatic rings. The maximum Gasteiger partial charge on any atom is 0.0641 e. The predicted molar refractivity (Wildman–Crippen MR) is 64.1 cm³/mol. The third-order valence-electron chi connectivity index (χ3n) is 2.22. The molecule has 0 amide bonds. The van der Waals surface area contributed by atoms with Gasteiger partial charge in [-0.05, 0) is 30.7 Å². The molecule has 1 N–H and O–H groups in total. The molecular weight excluding hydrogens is 264 g/mol. The minimum Gasteiger partial charge on any atom is -0.310 e. The molecule has 0 bridgehead atoms. The van der Waals surface area contributed by atoms with Crippen LogP contribution in [-0.2, 0) is 0 Å². The lowest BCUT2D eigenvalue weighted by Crippen LogP contribution is -2.35. The maximum atomic E-state index is 6.04. The van der Waals surface area contributed by atoms with Crippen LogP contribution in [0.4, 0.5) is 0 Å². The summed E-state index contributed by atoms with van der Waals surface area (Å²) >= 11 is 17.8. The summed E-state index contributed by atoms with van der Waals surface area (Å²) in [5, 5.41) is 5.03. The summed E-state index contributed by atoms with van der Waals surface area (Å²) in [6, 6.07) is 3.85. The van der Waals surface area contributed by atoms with Crippen LogP contribution in [0, 0.1) is 0 Å². The smallest absolute Gasteiger partial charge is 0.0641 e. The molecule has 1 aliphatic rings. The van der Waals surface area contributed by atoms with Crippen molar-refractivity contribution in [3.8, 4) is 0 Å². The molecule has 5 heteroatoms. The molecule has 1 heterocycles. The SMILES string of the molecule is Cl.Clc1cc(Cl)c(Cl)c([C@@H]2CCN2)c1. The van der Waals surface area contributed by atoms with Crippen LogP contribution >= 0.6 is 47.2 Å². The number of rotatable bonds is 1. The summed E-state index contributed by atoms with van der Waals surface area (Å²) in [6.45, 7) is 1.03. The Morgan fingerprint density at radius 2 is 1.86 bits per heavy atom. The van der Waals surface area contributed by atoms with Crippen molar-refractivity contribution in [1.82, 2.24) is 5.32 Å². The first-order valence-corrected chi connectivity index (χ1v) is 5.19. The predicted octanol–water partition coefficient (Wildman–Crippen LogP) is 4.10. The molecule has 78 valence electrons. The number of nitrogens with one attached hydrogen (secondary N) is 1. The van der Waals surface area contributed by atoms with Gasteiger partial charge in [-0.1, -0.05) is 34.8 Å². The Labute approximate surface area is 104 Å². The van der Waals surface area contributed by atoms with Crippen molar-refractivity contribution in [2.75, 3.05) is 6.54 Å². The van der Waals surface area contributed by atoms with Gasteiger partial charge in [0.25, 0.3) is 0 Å². The second-order valence-corrected chi connectivity index (χ2v) is 4.31. The van der Waals surface area contributed by atoms with Crippen molar-refractivity contribution in [2.24, 2.45) is 0 Å². The van der Waals surface area contributed by atoms with E-state index in [1.54, 1.807) is 6.07 Å². The molecule has 1 saturated heterocycles. The van der Waals surface area contributed by atoms with Gasteiger partial charge < -0.3 is 5.32 Å². The average molecular weight is 273 g/mol. The highest BCUT2D eigenvalue weighted by molar-refractivity contribution is 6.43. The topological polar surface area (TPSA) is 12.0 Å². The quantitative estimate of drug-likeness (QED) is 0.759. The van der Waals surface area contributed by atoms with E-state index in [-0.39, 0.29) is 12.4 Å². The molecule has 1 aromatic carbocycles. The Morgan fingerprint density at radius 1 is 1.21 bits per heavy atom. The lowest BCUT2D eigenvalue weighted by Gasteiger charge is -2.29. The van der Waals surface area contributed by atoms with Crippen molar-refractivity contribution < 1.29 is 0 Å². The first-order valence-electron chi connectivity index (χ1n) is 4.06. The maximum absolute atomic E-state index is 6.04. The fourth-order valence-electron chi connectivity index (χ4n) is 1.38. The lowest BCUT2D eigenvalue weighted by molar-refractivity contribution is 0.383. The highest BCUT2D eigenvalue weighted by Crippen LogP contribution is 2.36. The van der Waals surface area contributed by atoms with E-state index in [9.17, 15) is 0 Å². The van der Waals surface area contributed by atoms with Crippen molar-refractivity contribution in [1.29, 1.82) is 0 Å². The molecular formula is C9H9Cl4N. The standard InChI is InChI=1S/C9H8Cl3N.ClH/c10-5-3-6(8-1-2-13-8)9(12)7(11)4-5;/h3-4,8,13H,1-2H2;1H/t8-;/m0./s1. The first-order chi connectivity index (χ1) is 6.18. The van der Waals surface area contributed by atoms with Gasteiger partial charge in [0.1, 0.15) is 0 Å². The Kier molecular flexibility index (Phi) is 4.35. The van der Waals surface area contributed by atoms with E-state index in [0.717, 1.165) is 18.5 Å². The zero-order chi connectivity index (χ0) is 9.42. The largest absolute Gasteiger partial charge is 0.310 e. The molecule has 1 fully saturated rings. The minimum atomic E-state index is 0. The molecule has 1 atom stereocenters. The molecule has 1 nitrogen and oxygen atoms in total. The third kappa shape index (κ3) is 2.29. The van der Waals surface area contributed by atoms with Crippen molar-refractivity contribution >= 4 is 47.2 Å². The van der Waals surface area contributed by atoms with Gasteiger partial charge in [-0.15, -0.1) is 12.4 Å². The summed E-state index contributed by atoms with van der Waals surface area (Å²) in [7, 11) is 0. The van der Waals surface area contributed by atoms with Crippen LogP contribution in [0.1, 0.15) is 18.0 Å². The first kappa shape index (κ1) is 12.4. The lowest BCUT2D eigenvalue weighted by atomic mass is 9.98. The molecule has 1 aliphatic heterocycles. The van der Waals surface area contributed by atoms with Gasteiger partial charge in [0.2, 0.25) is 0 Å². The Morgan fingerprint density at radius 3 is 2.36 bits per heavy atom. The fourth-order valence-corrected chi connectivity index (χ4v) is 2.13. The highest BCUT2D eigenvalue weighted by Gasteiger charge is 2.22. The molecule has 0 aromatic heterocycles. The van der Waals surface area contributed by atoms with Crippen LogP contribution in [0.25, 0.3) is 0 Å². The monoisotopic (exact) mass is 271 g/mol. The zero-order valence-corrected chi connectivity index (χ0v) is 10.3. The summed E-state index contributed by atoms with van der Waals surface area (Å²) in [6.07, 6.45) is 1.09. The average Bonchev–Trinajstić information content (AvgIpc) is 1.95. The van der Waals surface area contributed by atoms with E-state index in [1.807, 2.05) is 6.07 Å². The van der Waals surface area contributed by atoms with Gasteiger partial charge >= 0.3 is 0 Å². The van der Waals surface area contributed by atoms with E-state index in [4.69, 9.17) is 34.8 Å². The molecule has 0 spiro atoms. The number of hydrogen-bond donors (Lipinski definition) is 1. The third-order valence-corrected chi connectivity index (χ3v) is 3.26. The van der Waals surface area contributed by atoms with Gasteiger partial charge in [0, 0.05) is 11.1 Å². The van der Waals surface area contributed by atoms with Crippen LogP contribution in [0.3, 0.4) is 0 Å². The summed E-state index contributed by atoms with van der Waals surface area (Å²) in [5.74, 6) is 0. The number of halogens is 4. The second-order valence-electron chi connectivity index (χ2n) is 3.09. The summed E-state index contributed by atoms with van der Waals surface area (Å²) < 4.78 is 0. The van der Waals surface area contributed by atoms with E-state index >= 15 is 0 Å². The van der Waals surface area contributed by atoms with E-state index in [2.05, 4.69) is 5.32 Å². The van der Waals surface area contributed by atoms with Crippen LogP contribution in [0.15, 0.2) is 12.1 Å². The highest BCUT2D eigenvalue weighted by atomic mass is 35.5. The number of hydrogen-bond acceptors (Lipinski definition) is 1. The molecule has 2 rings (SSSR count). The second kappa shape index (κ2) is 4.91. The van der Waals surface area contributed by atoms with E-state index in [0.29, 0.717) is 21.1 Å². The number of benzene rings is 1. The van der Waals surface area contributed by atoms with Crippen molar-refractivity contribution in [3.05, 3.63) is 32.8 Å². The molecule has 0 radical (unpaired) electrons. The van der Waals surface area contributed by atoms with Gasteiger partial charge in [-0.2, -0.15) is 0 Å². The summed E-state index contributed by atoms with van der Waals surface area (Å²) in [5.41, 5.74) is 1.01. The molecule has 0 saturated carbocycles. The molecule has 0 unspecified atom stereocenters. The Bertz CT molecular complexity index is 336. The van der Waals surface area contributed by atoms with E-state index < -0.39 is 0 Å². The zero-order valence-electron chi connectivity index (χ0n) is 7.19. The van der Waals surface area contributed by atoms with Crippen molar-refractivity contribution in [2.45, 2.75) is 12.5 Å². The van der Waals surface area contributed by atoms with Gasteiger partial charge in [0.15, 0.2) is 0 Å². The van der Waals surface area contributed by atoms with E-state index in [1.165, 1.54) is 0 Å². The van der Waals surface area contributed by atoms with Gasteiger partial charge in [0.05, 0.1) is 10.0 Å². The van der Waals surface area contributed by atoms with Crippen LogP contribution in [0.2, 0.25) is 15.1 Å².